The maximum atomic E-state index is 14.2. The van der Waals surface area contributed by atoms with Gasteiger partial charge in [-0.25, -0.2) is 18.6 Å². The summed E-state index contributed by atoms with van der Waals surface area (Å²) in [5.74, 6) is -2.78. The third-order valence-electron chi connectivity index (χ3n) is 2.89. The zero-order valence-corrected chi connectivity index (χ0v) is 11.9. The lowest BCUT2D eigenvalue weighted by molar-refractivity contribution is 0.0594. The number of aromatic nitrogens is 1. The second-order valence-electron chi connectivity index (χ2n) is 4.20. The molecule has 1 aromatic carbocycles. The van der Waals surface area contributed by atoms with E-state index in [1.54, 1.807) is 0 Å². The number of anilines is 1. The molecule has 22 heavy (non-hydrogen) atoms. The molecule has 0 saturated heterocycles. The zero-order valence-electron chi connectivity index (χ0n) is 11.2. The largest absolute Gasteiger partial charge is 0.464 e. The van der Waals surface area contributed by atoms with E-state index in [0.29, 0.717) is 6.29 Å². The first-order valence-electron chi connectivity index (χ1n) is 5.88. The summed E-state index contributed by atoms with van der Waals surface area (Å²) in [6.07, 6.45) is 0.318. The Labute approximate surface area is 128 Å². The number of carbonyl (C=O) groups is 2. The van der Waals surface area contributed by atoms with E-state index in [4.69, 9.17) is 17.3 Å². The number of rotatable bonds is 3. The molecule has 1 heterocycles. The lowest BCUT2D eigenvalue weighted by atomic mass is 10.1. The Kier molecular flexibility index (Phi) is 4.37. The molecule has 0 spiro atoms. The number of aldehydes is 1. The first-order valence-corrected chi connectivity index (χ1v) is 6.26. The summed E-state index contributed by atoms with van der Waals surface area (Å²) in [6, 6.07) is 3.33. The lowest BCUT2D eigenvalue weighted by Crippen LogP contribution is -2.10. The summed E-state index contributed by atoms with van der Waals surface area (Å²) in [7, 11) is 1.10. The van der Waals surface area contributed by atoms with Gasteiger partial charge in [0.1, 0.15) is 11.5 Å². The number of carbonyl (C=O) groups excluding carboxylic acids is 2. The molecular formula is C14H9ClF2N2O3. The summed E-state index contributed by atoms with van der Waals surface area (Å²) in [5, 5.41) is -0.391. The fraction of sp³-hybridized carbons (Fsp3) is 0.0714. The Bertz CT molecular complexity index is 781. The first-order chi connectivity index (χ1) is 10.4. The Morgan fingerprint density at radius 2 is 2.09 bits per heavy atom. The molecule has 2 N–H and O–H groups in total. The first kappa shape index (κ1) is 15.8. The van der Waals surface area contributed by atoms with Crippen LogP contribution in [0.3, 0.4) is 0 Å². The number of hydrogen-bond donors (Lipinski definition) is 1. The standard InChI is InChI=1S/C14H9ClF2N2O3/c1-22-14(21)13-9(15)11(18)10(17)12(19-13)6-2-3-7(5-20)8(16)4-6/h2-5H,1H3,(H2,18,19). The Morgan fingerprint density at radius 3 is 2.64 bits per heavy atom. The van der Waals surface area contributed by atoms with Gasteiger partial charge in [-0.05, 0) is 12.1 Å². The van der Waals surface area contributed by atoms with Gasteiger partial charge >= 0.3 is 5.97 Å². The van der Waals surface area contributed by atoms with Gasteiger partial charge in [0.15, 0.2) is 17.8 Å². The third kappa shape index (κ3) is 2.62. The highest BCUT2D eigenvalue weighted by atomic mass is 35.5. The normalized spacial score (nSPS) is 10.4. The van der Waals surface area contributed by atoms with Gasteiger partial charge in [0.25, 0.3) is 0 Å². The number of pyridine rings is 1. The number of esters is 1. The van der Waals surface area contributed by atoms with Crippen LogP contribution in [0.5, 0.6) is 0 Å². The quantitative estimate of drug-likeness (QED) is 0.692. The van der Waals surface area contributed by atoms with Crippen molar-refractivity contribution < 1.29 is 23.1 Å². The summed E-state index contributed by atoms with van der Waals surface area (Å²) in [6.45, 7) is 0. The molecule has 0 radical (unpaired) electrons. The van der Waals surface area contributed by atoms with E-state index in [0.717, 1.165) is 19.2 Å². The smallest absolute Gasteiger partial charge is 0.358 e. The molecule has 0 amide bonds. The maximum absolute atomic E-state index is 14.2. The molecule has 0 fully saturated rings. The molecule has 2 rings (SSSR count). The van der Waals surface area contributed by atoms with Gasteiger partial charge in [-0.2, -0.15) is 0 Å². The molecular weight excluding hydrogens is 318 g/mol. The fourth-order valence-electron chi connectivity index (χ4n) is 1.75. The fourth-order valence-corrected chi connectivity index (χ4v) is 1.96. The van der Waals surface area contributed by atoms with Gasteiger partial charge in [0.2, 0.25) is 0 Å². The van der Waals surface area contributed by atoms with E-state index in [1.165, 1.54) is 6.07 Å². The summed E-state index contributed by atoms with van der Waals surface area (Å²) in [5.41, 5.74) is 4.03. The van der Waals surface area contributed by atoms with Crippen LogP contribution in [0.25, 0.3) is 11.3 Å². The van der Waals surface area contributed by atoms with E-state index < -0.39 is 34.0 Å². The predicted octanol–water partition coefficient (Wildman–Crippen LogP) is 2.86. The number of methoxy groups -OCH3 is 1. The molecule has 0 aliphatic heterocycles. The maximum Gasteiger partial charge on any atom is 0.358 e. The van der Waals surface area contributed by atoms with Crippen molar-refractivity contribution in [3.8, 4) is 11.3 Å². The van der Waals surface area contributed by atoms with E-state index >= 15 is 0 Å². The van der Waals surface area contributed by atoms with Crippen LogP contribution in [0.15, 0.2) is 18.2 Å². The minimum Gasteiger partial charge on any atom is -0.464 e. The molecule has 0 saturated carbocycles. The zero-order chi connectivity index (χ0) is 16.4. The average molecular weight is 327 g/mol. The van der Waals surface area contributed by atoms with Crippen molar-refractivity contribution in [1.29, 1.82) is 0 Å². The van der Waals surface area contributed by atoms with Crippen LogP contribution in [-0.2, 0) is 4.74 Å². The number of nitrogens with two attached hydrogens (primary N) is 1. The molecule has 5 nitrogen and oxygen atoms in total. The summed E-state index contributed by atoms with van der Waals surface area (Å²) >= 11 is 5.76. The summed E-state index contributed by atoms with van der Waals surface area (Å²) in [4.78, 5) is 25.9. The number of benzene rings is 1. The monoisotopic (exact) mass is 326 g/mol. The van der Waals surface area contributed by atoms with E-state index in [2.05, 4.69) is 9.72 Å². The van der Waals surface area contributed by atoms with E-state index in [-0.39, 0.29) is 16.8 Å². The van der Waals surface area contributed by atoms with Crippen molar-refractivity contribution >= 4 is 29.5 Å². The van der Waals surface area contributed by atoms with Crippen LogP contribution in [0.2, 0.25) is 5.02 Å². The minimum atomic E-state index is -1.00. The van der Waals surface area contributed by atoms with Crippen LogP contribution in [0.1, 0.15) is 20.8 Å². The van der Waals surface area contributed by atoms with Crippen molar-refractivity contribution in [3.05, 3.63) is 46.1 Å². The number of ether oxygens (including phenoxy) is 1. The van der Waals surface area contributed by atoms with Crippen LogP contribution in [-0.4, -0.2) is 24.3 Å². The van der Waals surface area contributed by atoms with Gasteiger partial charge in [-0.15, -0.1) is 0 Å². The Hall–Kier alpha value is -2.54. The van der Waals surface area contributed by atoms with Crippen molar-refractivity contribution in [2.24, 2.45) is 0 Å². The molecule has 0 atom stereocenters. The van der Waals surface area contributed by atoms with Crippen LogP contribution < -0.4 is 5.73 Å². The minimum absolute atomic E-state index is 0.00544. The van der Waals surface area contributed by atoms with Gasteiger partial charge in [0, 0.05) is 5.56 Å². The van der Waals surface area contributed by atoms with Gasteiger partial charge < -0.3 is 10.5 Å². The molecule has 0 aliphatic rings. The highest BCUT2D eigenvalue weighted by Crippen LogP contribution is 2.32. The Balaban J connectivity index is 2.70. The van der Waals surface area contributed by atoms with Crippen LogP contribution in [0.4, 0.5) is 14.5 Å². The average Bonchev–Trinajstić information content (AvgIpc) is 2.52. The molecule has 8 heteroatoms. The summed E-state index contributed by atoms with van der Waals surface area (Å²) < 4.78 is 32.3. The number of nitrogen functional groups attached to an aromatic ring is 1. The van der Waals surface area contributed by atoms with E-state index in [9.17, 15) is 18.4 Å². The molecule has 0 aliphatic carbocycles. The SMILES string of the molecule is COC(=O)c1nc(-c2ccc(C=O)c(F)c2)c(F)c(N)c1Cl. The topological polar surface area (TPSA) is 82.3 Å². The predicted molar refractivity (Wildman–Crippen MR) is 75.7 cm³/mol. The lowest BCUT2D eigenvalue weighted by Gasteiger charge is -2.10. The highest BCUT2D eigenvalue weighted by Gasteiger charge is 2.23. The van der Waals surface area contributed by atoms with Gasteiger partial charge in [-0.1, -0.05) is 17.7 Å². The van der Waals surface area contributed by atoms with Gasteiger partial charge in [0.05, 0.1) is 23.4 Å². The molecule has 2 aromatic rings. The van der Waals surface area contributed by atoms with Crippen LogP contribution >= 0.6 is 11.6 Å². The van der Waals surface area contributed by atoms with Crippen molar-refractivity contribution in [2.45, 2.75) is 0 Å². The number of hydrogen-bond acceptors (Lipinski definition) is 5. The van der Waals surface area contributed by atoms with Crippen molar-refractivity contribution in [3.63, 3.8) is 0 Å². The van der Waals surface area contributed by atoms with Gasteiger partial charge in [-0.3, -0.25) is 4.79 Å². The van der Waals surface area contributed by atoms with Crippen molar-refractivity contribution in [2.75, 3.05) is 12.8 Å². The number of nitrogens with zero attached hydrogens (tertiary/aromatic N) is 1. The third-order valence-corrected chi connectivity index (χ3v) is 3.27. The molecule has 114 valence electrons. The second kappa shape index (κ2) is 6.07. The van der Waals surface area contributed by atoms with Crippen molar-refractivity contribution in [1.82, 2.24) is 4.98 Å². The molecule has 1 aromatic heterocycles. The van der Waals surface area contributed by atoms with E-state index in [1.807, 2.05) is 0 Å². The highest BCUT2D eigenvalue weighted by molar-refractivity contribution is 6.35. The van der Waals surface area contributed by atoms with Crippen LogP contribution in [0, 0.1) is 11.6 Å². The molecule has 0 bridgehead atoms. The second-order valence-corrected chi connectivity index (χ2v) is 4.57. The molecule has 0 unspecified atom stereocenters. The Morgan fingerprint density at radius 1 is 1.41 bits per heavy atom. The number of halogens is 3.